The lowest BCUT2D eigenvalue weighted by molar-refractivity contribution is -0.135. The van der Waals surface area contributed by atoms with Crippen molar-refractivity contribution in [3.05, 3.63) is 89.0 Å². The van der Waals surface area contributed by atoms with Crippen LogP contribution in [0, 0.1) is 0 Å². The van der Waals surface area contributed by atoms with Gasteiger partial charge in [-0.2, -0.15) is 0 Å². The summed E-state index contributed by atoms with van der Waals surface area (Å²) in [6.45, 7) is 2.44. The number of benzene rings is 2. The van der Waals surface area contributed by atoms with Crippen LogP contribution in [-0.2, 0) is 17.8 Å². The number of aromatic nitrogens is 2. The van der Waals surface area contributed by atoms with Crippen molar-refractivity contribution in [2.24, 2.45) is 0 Å². The monoisotopic (exact) mass is 475 g/mol. The Labute approximate surface area is 205 Å². The number of aryl methyl sites for hydroxylation is 1. The van der Waals surface area contributed by atoms with Crippen LogP contribution in [-0.4, -0.2) is 57.2 Å². The number of amides is 1. The van der Waals surface area contributed by atoms with Gasteiger partial charge in [-0.25, -0.2) is 4.98 Å². The Morgan fingerprint density at radius 2 is 1.63 bits per heavy atom. The third-order valence-electron chi connectivity index (χ3n) is 6.40. The molecule has 3 N–H and O–H groups in total. The molecule has 8 heteroatoms. The van der Waals surface area contributed by atoms with Crippen molar-refractivity contribution in [1.82, 2.24) is 14.5 Å². The number of carbonyl (C=O) groups excluding carboxylic acids is 1. The molecule has 1 aromatic heterocycles. The predicted molar refractivity (Wildman–Crippen MR) is 137 cm³/mol. The molecule has 0 atom stereocenters. The van der Waals surface area contributed by atoms with Crippen LogP contribution in [0.1, 0.15) is 24.8 Å². The van der Waals surface area contributed by atoms with E-state index in [1.165, 1.54) is 17.0 Å². The lowest BCUT2D eigenvalue weighted by Crippen LogP contribution is -2.49. The van der Waals surface area contributed by atoms with Crippen LogP contribution in [0.25, 0.3) is 0 Å². The van der Waals surface area contributed by atoms with Crippen molar-refractivity contribution >= 4 is 17.4 Å². The van der Waals surface area contributed by atoms with Crippen LogP contribution in [0.15, 0.2) is 77.9 Å². The number of rotatable bonds is 10. The van der Waals surface area contributed by atoms with E-state index >= 15 is 0 Å². The molecule has 0 unspecified atom stereocenters. The van der Waals surface area contributed by atoms with E-state index in [2.05, 4.69) is 15.6 Å². The van der Waals surface area contributed by atoms with Gasteiger partial charge >= 0.3 is 0 Å². The summed E-state index contributed by atoms with van der Waals surface area (Å²) in [5, 5.41) is 17.5. The van der Waals surface area contributed by atoms with Gasteiger partial charge in [-0.05, 0) is 37.0 Å². The standard InChI is InChI=1S/C27H33N5O3/c33-25(12-11-22-7-3-1-4-8-22)31-17-13-27(35,14-18-31)20-32-21-30-24(19-26(32)34)29-16-15-28-23-9-5-2-6-10-23/h1-10,19,21,28-29,35H,11-18,20H2. The average Bonchev–Trinajstić information content (AvgIpc) is 2.88. The number of nitrogens with one attached hydrogen (secondary N) is 2. The Kier molecular flexibility index (Phi) is 8.15. The maximum absolute atomic E-state index is 12.6. The van der Waals surface area contributed by atoms with Gasteiger partial charge in [0, 0.05) is 44.4 Å². The van der Waals surface area contributed by atoms with E-state index < -0.39 is 5.60 Å². The largest absolute Gasteiger partial charge is 0.388 e. The minimum atomic E-state index is -1.03. The molecular weight excluding hydrogens is 442 g/mol. The summed E-state index contributed by atoms with van der Waals surface area (Å²) in [5.74, 6) is 0.610. The average molecular weight is 476 g/mol. The molecule has 1 fully saturated rings. The summed E-state index contributed by atoms with van der Waals surface area (Å²) >= 11 is 0. The highest BCUT2D eigenvalue weighted by molar-refractivity contribution is 5.76. The molecule has 3 aromatic rings. The van der Waals surface area contributed by atoms with Gasteiger partial charge in [0.2, 0.25) is 5.91 Å². The number of aliphatic hydroxyl groups is 1. The highest BCUT2D eigenvalue weighted by atomic mass is 16.3. The third-order valence-corrected chi connectivity index (χ3v) is 6.40. The number of anilines is 2. The molecule has 1 amide bonds. The Bertz CT molecular complexity index is 1140. The maximum atomic E-state index is 12.6. The highest BCUT2D eigenvalue weighted by Crippen LogP contribution is 2.24. The zero-order valence-electron chi connectivity index (χ0n) is 19.9. The molecule has 4 rings (SSSR count). The first kappa shape index (κ1) is 24.5. The fourth-order valence-corrected chi connectivity index (χ4v) is 4.30. The molecule has 1 aliphatic heterocycles. The molecule has 0 spiro atoms. The van der Waals surface area contributed by atoms with E-state index in [0.717, 1.165) is 11.3 Å². The summed E-state index contributed by atoms with van der Waals surface area (Å²) in [6.07, 6.45) is 3.51. The Hall–Kier alpha value is -3.65. The third kappa shape index (κ3) is 7.16. The SMILES string of the molecule is O=C(CCc1ccccc1)N1CCC(O)(Cn2cnc(NCCNc3ccccc3)cc2=O)CC1. The first-order chi connectivity index (χ1) is 17.0. The maximum Gasteiger partial charge on any atom is 0.255 e. The first-order valence-corrected chi connectivity index (χ1v) is 12.1. The molecule has 2 heterocycles. The number of para-hydroxylation sites is 1. The Balaban J connectivity index is 1.22. The smallest absolute Gasteiger partial charge is 0.255 e. The highest BCUT2D eigenvalue weighted by Gasteiger charge is 2.34. The van der Waals surface area contributed by atoms with Crippen molar-refractivity contribution in [2.45, 2.75) is 37.8 Å². The number of hydrogen-bond donors (Lipinski definition) is 3. The van der Waals surface area contributed by atoms with Crippen molar-refractivity contribution in [1.29, 1.82) is 0 Å². The van der Waals surface area contributed by atoms with Gasteiger partial charge in [0.15, 0.2) is 0 Å². The van der Waals surface area contributed by atoms with Crippen LogP contribution < -0.4 is 16.2 Å². The summed E-state index contributed by atoms with van der Waals surface area (Å²) in [4.78, 5) is 31.3. The van der Waals surface area contributed by atoms with Gasteiger partial charge in [0.1, 0.15) is 5.82 Å². The van der Waals surface area contributed by atoms with E-state index in [1.807, 2.05) is 65.6 Å². The lowest BCUT2D eigenvalue weighted by Gasteiger charge is -2.38. The first-order valence-electron chi connectivity index (χ1n) is 12.1. The second-order valence-electron chi connectivity index (χ2n) is 9.05. The van der Waals surface area contributed by atoms with Crippen LogP contribution in [0.4, 0.5) is 11.5 Å². The van der Waals surface area contributed by atoms with Crippen LogP contribution in [0.2, 0.25) is 0 Å². The number of nitrogens with zero attached hydrogens (tertiary/aromatic N) is 3. The normalized spacial score (nSPS) is 14.9. The molecular formula is C27H33N5O3. The van der Waals surface area contributed by atoms with Gasteiger partial charge in [-0.3, -0.25) is 14.2 Å². The minimum Gasteiger partial charge on any atom is -0.388 e. The van der Waals surface area contributed by atoms with Crippen LogP contribution >= 0.6 is 0 Å². The van der Waals surface area contributed by atoms with E-state index in [0.29, 0.717) is 57.7 Å². The minimum absolute atomic E-state index is 0.104. The molecule has 184 valence electrons. The predicted octanol–water partition coefficient (Wildman–Crippen LogP) is 2.75. The molecule has 0 bridgehead atoms. The van der Waals surface area contributed by atoms with Crippen molar-refractivity contribution in [3.8, 4) is 0 Å². The van der Waals surface area contributed by atoms with E-state index in [-0.39, 0.29) is 18.0 Å². The molecule has 0 aliphatic carbocycles. The zero-order valence-corrected chi connectivity index (χ0v) is 19.9. The number of carbonyl (C=O) groups is 1. The molecule has 35 heavy (non-hydrogen) atoms. The van der Waals surface area contributed by atoms with Gasteiger partial charge in [0.05, 0.1) is 18.5 Å². The zero-order chi connectivity index (χ0) is 24.5. The Morgan fingerprint density at radius 1 is 0.971 bits per heavy atom. The number of hydrogen-bond acceptors (Lipinski definition) is 6. The quantitative estimate of drug-likeness (QED) is 0.390. The van der Waals surface area contributed by atoms with Gasteiger partial charge in [-0.15, -0.1) is 0 Å². The lowest BCUT2D eigenvalue weighted by atomic mass is 9.91. The molecule has 2 aromatic carbocycles. The van der Waals surface area contributed by atoms with E-state index in [1.54, 1.807) is 0 Å². The summed E-state index contributed by atoms with van der Waals surface area (Å²) < 4.78 is 1.44. The van der Waals surface area contributed by atoms with Gasteiger partial charge in [-0.1, -0.05) is 48.5 Å². The molecule has 1 saturated heterocycles. The fourth-order valence-electron chi connectivity index (χ4n) is 4.30. The molecule has 0 radical (unpaired) electrons. The van der Waals surface area contributed by atoms with Crippen molar-refractivity contribution in [2.75, 3.05) is 36.8 Å². The number of piperidine rings is 1. The summed E-state index contributed by atoms with van der Waals surface area (Å²) in [6, 6.07) is 21.3. The summed E-state index contributed by atoms with van der Waals surface area (Å²) in [7, 11) is 0. The molecule has 1 aliphatic rings. The fraction of sp³-hybridized carbons (Fsp3) is 0.370. The van der Waals surface area contributed by atoms with Crippen molar-refractivity contribution in [3.63, 3.8) is 0 Å². The summed E-state index contributed by atoms with van der Waals surface area (Å²) in [5.41, 5.74) is 0.936. The number of likely N-dealkylation sites (tertiary alicyclic amines) is 1. The van der Waals surface area contributed by atoms with Gasteiger partial charge in [0.25, 0.3) is 5.56 Å². The van der Waals surface area contributed by atoms with Gasteiger partial charge < -0.3 is 20.6 Å². The van der Waals surface area contributed by atoms with E-state index in [4.69, 9.17) is 0 Å². The topological polar surface area (TPSA) is 99.5 Å². The van der Waals surface area contributed by atoms with Crippen molar-refractivity contribution < 1.29 is 9.90 Å². The second-order valence-corrected chi connectivity index (χ2v) is 9.05. The van der Waals surface area contributed by atoms with Crippen LogP contribution in [0.5, 0.6) is 0 Å². The molecule has 8 nitrogen and oxygen atoms in total. The Morgan fingerprint density at radius 3 is 2.31 bits per heavy atom. The van der Waals surface area contributed by atoms with Crippen LogP contribution in [0.3, 0.4) is 0 Å². The second kappa shape index (κ2) is 11.7. The van der Waals surface area contributed by atoms with E-state index in [9.17, 15) is 14.7 Å². The molecule has 0 saturated carbocycles.